The van der Waals surface area contributed by atoms with E-state index in [9.17, 15) is 0 Å². The van der Waals surface area contributed by atoms with Crippen molar-refractivity contribution >= 4 is 11.3 Å². The van der Waals surface area contributed by atoms with Gasteiger partial charge in [0.1, 0.15) is 0 Å². The summed E-state index contributed by atoms with van der Waals surface area (Å²) in [5, 5.41) is 5.91. The Hall–Kier alpha value is -1.12. The lowest BCUT2D eigenvalue weighted by molar-refractivity contribution is 0.431. The molecule has 102 valence electrons. The second-order valence-electron chi connectivity index (χ2n) is 5.07. The SMILES string of the molecule is CCC(NC(C)CCc1ccccc1)c1cccs1. The van der Waals surface area contributed by atoms with Crippen molar-refractivity contribution in [3.63, 3.8) is 0 Å². The van der Waals surface area contributed by atoms with Crippen LogP contribution >= 0.6 is 11.3 Å². The fourth-order valence-corrected chi connectivity index (χ4v) is 3.22. The molecule has 0 fully saturated rings. The first-order valence-electron chi connectivity index (χ1n) is 7.13. The lowest BCUT2D eigenvalue weighted by Gasteiger charge is -2.21. The van der Waals surface area contributed by atoms with Crippen LogP contribution in [-0.4, -0.2) is 6.04 Å². The zero-order chi connectivity index (χ0) is 13.5. The highest BCUT2D eigenvalue weighted by molar-refractivity contribution is 7.10. The van der Waals surface area contributed by atoms with E-state index in [0.29, 0.717) is 12.1 Å². The van der Waals surface area contributed by atoms with Gasteiger partial charge >= 0.3 is 0 Å². The predicted octanol–water partition coefficient (Wildman–Crippen LogP) is 4.81. The summed E-state index contributed by atoms with van der Waals surface area (Å²) >= 11 is 1.85. The van der Waals surface area contributed by atoms with Crippen molar-refractivity contribution in [2.75, 3.05) is 0 Å². The zero-order valence-electron chi connectivity index (χ0n) is 11.8. The van der Waals surface area contributed by atoms with Gasteiger partial charge in [0, 0.05) is 17.0 Å². The smallest absolute Gasteiger partial charge is 0.0414 e. The molecule has 0 aliphatic carbocycles. The number of hydrogen-bond acceptors (Lipinski definition) is 2. The number of aryl methyl sites for hydroxylation is 1. The molecule has 0 aliphatic rings. The van der Waals surface area contributed by atoms with Gasteiger partial charge in [0.2, 0.25) is 0 Å². The van der Waals surface area contributed by atoms with Crippen molar-refractivity contribution in [1.82, 2.24) is 5.32 Å². The standard InChI is InChI=1S/C17H23NS/c1-3-16(17-10-7-13-19-17)18-14(2)11-12-15-8-5-4-6-9-15/h4-10,13-14,16,18H,3,11-12H2,1-2H3. The molecule has 0 saturated heterocycles. The Labute approximate surface area is 120 Å². The van der Waals surface area contributed by atoms with Crippen molar-refractivity contribution in [1.29, 1.82) is 0 Å². The monoisotopic (exact) mass is 273 g/mol. The largest absolute Gasteiger partial charge is 0.307 e. The Kier molecular flexibility index (Phi) is 5.62. The molecule has 0 amide bonds. The second-order valence-corrected chi connectivity index (χ2v) is 6.05. The van der Waals surface area contributed by atoms with Gasteiger partial charge in [-0.2, -0.15) is 0 Å². The quantitative estimate of drug-likeness (QED) is 0.763. The highest BCUT2D eigenvalue weighted by atomic mass is 32.1. The lowest BCUT2D eigenvalue weighted by Crippen LogP contribution is -2.30. The van der Waals surface area contributed by atoms with Crippen molar-refractivity contribution in [2.45, 2.75) is 45.2 Å². The third-order valence-corrected chi connectivity index (χ3v) is 4.48. The molecule has 2 rings (SSSR count). The maximum Gasteiger partial charge on any atom is 0.0414 e. The predicted molar refractivity (Wildman–Crippen MR) is 84.7 cm³/mol. The van der Waals surface area contributed by atoms with Crippen LogP contribution in [0.1, 0.15) is 43.2 Å². The molecule has 19 heavy (non-hydrogen) atoms. The minimum absolute atomic E-state index is 0.505. The van der Waals surface area contributed by atoms with E-state index in [0.717, 1.165) is 12.8 Å². The average molecular weight is 273 g/mol. The van der Waals surface area contributed by atoms with Gasteiger partial charge in [-0.25, -0.2) is 0 Å². The first-order chi connectivity index (χ1) is 9.29. The van der Waals surface area contributed by atoms with Crippen LogP contribution in [0, 0.1) is 0 Å². The van der Waals surface area contributed by atoms with Crippen molar-refractivity contribution in [3.05, 3.63) is 58.3 Å². The highest BCUT2D eigenvalue weighted by Crippen LogP contribution is 2.22. The van der Waals surface area contributed by atoms with Crippen LogP contribution < -0.4 is 5.32 Å². The third-order valence-electron chi connectivity index (χ3n) is 3.49. The highest BCUT2D eigenvalue weighted by Gasteiger charge is 2.13. The molecule has 2 heteroatoms. The molecule has 1 N–H and O–H groups in total. The fraction of sp³-hybridized carbons (Fsp3) is 0.412. The van der Waals surface area contributed by atoms with E-state index in [1.54, 1.807) is 0 Å². The van der Waals surface area contributed by atoms with E-state index in [-0.39, 0.29) is 0 Å². The van der Waals surface area contributed by atoms with E-state index in [2.05, 4.69) is 67.0 Å². The summed E-state index contributed by atoms with van der Waals surface area (Å²) in [6.07, 6.45) is 3.48. The third kappa shape index (κ3) is 4.48. The Bertz CT molecular complexity index is 449. The van der Waals surface area contributed by atoms with Crippen LogP contribution in [0.5, 0.6) is 0 Å². The van der Waals surface area contributed by atoms with Crippen LogP contribution in [-0.2, 0) is 6.42 Å². The van der Waals surface area contributed by atoms with Gasteiger partial charge in [-0.3, -0.25) is 0 Å². The molecule has 0 bridgehead atoms. The summed E-state index contributed by atoms with van der Waals surface area (Å²) in [7, 11) is 0. The van der Waals surface area contributed by atoms with Crippen LogP contribution in [0.25, 0.3) is 0 Å². The average Bonchev–Trinajstić information content (AvgIpc) is 2.97. The molecule has 2 atom stereocenters. The Morgan fingerprint density at radius 1 is 1.11 bits per heavy atom. The molecule has 0 spiro atoms. The van der Waals surface area contributed by atoms with E-state index in [4.69, 9.17) is 0 Å². The molecule has 1 aromatic carbocycles. The summed E-state index contributed by atoms with van der Waals surface area (Å²) in [6, 6.07) is 16.2. The van der Waals surface area contributed by atoms with Crippen LogP contribution in [0.2, 0.25) is 0 Å². The second kappa shape index (κ2) is 7.46. The number of hydrogen-bond donors (Lipinski definition) is 1. The number of benzene rings is 1. The summed E-state index contributed by atoms with van der Waals surface area (Å²) in [6.45, 7) is 4.54. The van der Waals surface area contributed by atoms with E-state index in [1.165, 1.54) is 16.9 Å². The first kappa shape index (κ1) is 14.3. The fourth-order valence-electron chi connectivity index (χ4n) is 2.35. The zero-order valence-corrected chi connectivity index (χ0v) is 12.6. The van der Waals surface area contributed by atoms with Crippen LogP contribution in [0.3, 0.4) is 0 Å². The van der Waals surface area contributed by atoms with Gasteiger partial charge in [-0.05, 0) is 43.2 Å². The van der Waals surface area contributed by atoms with Crippen molar-refractivity contribution in [3.8, 4) is 0 Å². The van der Waals surface area contributed by atoms with Crippen molar-refractivity contribution in [2.24, 2.45) is 0 Å². The number of rotatable bonds is 7. The van der Waals surface area contributed by atoms with Gasteiger partial charge in [-0.1, -0.05) is 43.3 Å². The van der Waals surface area contributed by atoms with Crippen LogP contribution in [0.15, 0.2) is 47.8 Å². The summed E-state index contributed by atoms with van der Waals surface area (Å²) < 4.78 is 0. The van der Waals surface area contributed by atoms with Gasteiger partial charge in [0.15, 0.2) is 0 Å². The Morgan fingerprint density at radius 2 is 1.89 bits per heavy atom. The van der Waals surface area contributed by atoms with Gasteiger partial charge in [0.05, 0.1) is 0 Å². The summed E-state index contributed by atoms with van der Waals surface area (Å²) in [5.74, 6) is 0. The molecule has 0 saturated carbocycles. The maximum atomic E-state index is 3.75. The molecule has 0 aliphatic heterocycles. The number of thiophene rings is 1. The van der Waals surface area contributed by atoms with Gasteiger partial charge in [-0.15, -0.1) is 11.3 Å². The van der Waals surface area contributed by atoms with E-state index < -0.39 is 0 Å². The molecule has 2 aromatic rings. The minimum Gasteiger partial charge on any atom is -0.307 e. The lowest BCUT2D eigenvalue weighted by atomic mass is 10.0. The number of nitrogens with one attached hydrogen (secondary N) is 1. The Balaban J connectivity index is 1.82. The molecule has 1 nitrogen and oxygen atoms in total. The topological polar surface area (TPSA) is 12.0 Å². The Morgan fingerprint density at radius 3 is 2.53 bits per heavy atom. The molecular formula is C17H23NS. The normalized spacial score (nSPS) is 14.2. The minimum atomic E-state index is 0.505. The van der Waals surface area contributed by atoms with Gasteiger partial charge < -0.3 is 5.32 Å². The first-order valence-corrected chi connectivity index (χ1v) is 8.01. The van der Waals surface area contributed by atoms with E-state index in [1.807, 2.05) is 11.3 Å². The molecule has 0 radical (unpaired) electrons. The molecule has 1 heterocycles. The van der Waals surface area contributed by atoms with E-state index >= 15 is 0 Å². The maximum absolute atomic E-state index is 3.75. The van der Waals surface area contributed by atoms with Crippen LogP contribution in [0.4, 0.5) is 0 Å². The summed E-state index contributed by atoms with van der Waals surface area (Å²) in [5.41, 5.74) is 1.43. The van der Waals surface area contributed by atoms with Crippen molar-refractivity contribution < 1.29 is 0 Å². The van der Waals surface area contributed by atoms with Gasteiger partial charge in [0.25, 0.3) is 0 Å². The molecule has 1 aromatic heterocycles. The summed E-state index contributed by atoms with van der Waals surface area (Å²) in [4.78, 5) is 1.45. The molecule has 2 unspecified atom stereocenters. The molecular weight excluding hydrogens is 250 g/mol.